The SMILES string of the molecule is Cc1ccc(CNC(=S)Nc2nc(N3CCCC(C)C3)cc(C(F)(F)F)n2)cc1. The highest BCUT2D eigenvalue weighted by Crippen LogP contribution is 2.31. The van der Waals surface area contributed by atoms with Crippen LogP contribution in [-0.2, 0) is 12.7 Å². The van der Waals surface area contributed by atoms with Gasteiger partial charge in [-0.05, 0) is 43.5 Å². The van der Waals surface area contributed by atoms with Gasteiger partial charge in [-0.25, -0.2) is 4.98 Å². The molecule has 1 saturated heterocycles. The highest BCUT2D eigenvalue weighted by Gasteiger charge is 2.34. The van der Waals surface area contributed by atoms with Crippen molar-refractivity contribution in [2.75, 3.05) is 23.3 Å². The zero-order valence-corrected chi connectivity index (χ0v) is 17.2. The van der Waals surface area contributed by atoms with Crippen LogP contribution in [0.15, 0.2) is 30.3 Å². The molecule has 0 radical (unpaired) electrons. The van der Waals surface area contributed by atoms with Crippen molar-refractivity contribution in [3.63, 3.8) is 0 Å². The molecule has 3 rings (SSSR count). The van der Waals surface area contributed by atoms with Crippen molar-refractivity contribution >= 4 is 29.1 Å². The molecule has 5 nitrogen and oxygen atoms in total. The zero-order chi connectivity index (χ0) is 21.0. The number of aryl methyl sites for hydroxylation is 1. The predicted octanol–water partition coefficient (Wildman–Crippen LogP) is 4.53. The second-order valence-corrected chi connectivity index (χ2v) is 7.83. The standard InChI is InChI=1S/C20H24F3N5S/c1-13-5-7-15(8-6-13)11-24-19(29)27-18-25-16(20(21,22)23)10-17(26-18)28-9-3-4-14(2)12-28/h5-8,10,14H,3-4,9,11-12H2,1-2H3,(H2,24,25,26,27,29). The van der Waals surface area contributed by atoms with Crippen molar-refractivity contribution in [3.05, 3.63) is 47.2 Å². The van der Waals surface area contributed by atoms with E-state index in [1.165, 1.54) is 0 Å². The first-order chi connectivity index (χ1) is 13.7. The highest BCUT2D eigenvalue weighted by molar-refractivity contribution is 7.80. The summed E-state index contributed by atoms with van der Waals surface area (Å²) in [6.07, 6.45) is -2.58. The molecule has 1 unspecified atom stereocenters. The minimum absolute atomic E-state index is 0.158. The molecule has 0 spiro atoms. The van der Waals surface area contributed by atoms with Gasteiger partial charge in [0.05, 0.1) is 0 Å². The fraction of sp³-hybridized carbons (Fsp3) is 0.450. The molecular formula is C20H24F3N5S. The normalized spacial score (nSPS) is 17.1. The predicted molar refractivity (Wildman–Crippen MR) is 112 cm³/mol. The van der Waals surface area contributed by atoms with Gasteiger partial charge in [-0.15, -0.1) is 0 Å². The van der Waals surface area contributed by atoms with Crippen LogP contribution >= 0.6 is 12.2 Å². The van der Waals surface area contributed by atoms with E-state index in [4.69, 9.17) is 12.2 Å². The molecule has 9 heteroatoms. The molecule has 156 valence electrons. The molecule has 1 fully saturated rings. The summed E-state index contributed by atoms with van der Waals surface area (Å²) in [5.74, 6) is 0.513. The molecular weight excluding hydrogens is 399 g/mol. The second-order valence-electron chi connectivity index (χ2n) is 7.42. The Morgan fingerprint density at radius 3 is 2.62 bits per heavy atom. The maximum Gasteiger partial charge on any atom is 0.433 e. The van der Waals surface area contributed by atoms with Crippen LogP contribution in [0.2, 0.25) is 0 Å². The molecule has 0 amide bonds. The number of halogens is 3. The van der Waals surface area contributed by atoms with E-state index in [1.54, 1.807) is 0 Å². The summed E-state index contributed by atoms with van der Waals surface area (Å²) in [4.78, 5) is 9.79. The van der Waals surface area contributed by atoms with E-state index in [0.717, 1.165) is 30.0 Å². The summed E-state index contributed by atoms with van der Waals surface area (Å²) in [5.41, 5.74) is 1.17. The number of hydrogen-bond acceptors (Lipinski definition) is 4. The van der Waals surface area contributed by atoms with Crippen LogP contribution in [-0.4, -0.2) is 28.2 Å². The Labute approximate surface area is 173 Å². The van der Waals surface area contributed by atoms with Crippen LogP contribution in [0.1, 0.15) is 36.6 Å². The van der Waals surface area contributed by atoms with Gasteiger partial charge in [0.25, 0.3) is 0 Å². The van der Waals surface area contributed by atoms with E-state index in [9.17, 15) is 13.2 Å². The Kier molecular flexibility index (Phi) is 6.56. The monoisotopic (exact) mass is 423 g/mol. The van der Waals surface area contributed by atoms with Gasteiger partial charge in [0.15, 0.2) is 10.8 Å². The van der Waals surface area contributed by atoms with E-state index in [2.05, 4.69) is 27.5 Å². The Bertz CT molecular complexity index is 854. The fourth-order valence-electron chi connectivity index (χ4n) is 3.23. The maximum atomic E-state index is 13.3. The summed E-state index contributed by atoms with van der Waals surface area (Å²) in [5, 5.41) is 5.84. The summed E-state index contributed by atoms with van der Waals surface area (Å²) < 4.78 is 40.0. The molecule has 0 bridgehead atoms. The fourth-order valence-corrected chi connectivity index (χ4v) is 3.39. The first-order valence-corrected chi connectivity index (χ1v) is 9.93. The van der Waals surface area contributed by atoms with Gasteiger partial charge in [0.2, 0.25) is 5.95 Å². The van der Waals surface area contributed by atoms with Crippen molar-refractivity contribution in [1.82, 2.24) is 15.3 Å². The first-order valence-electron chi connectivity index (χ1n) is 9.52. The van der Waals surface area contributed by atoms with Crippen molar-refractivity contribution in [3.8, 4) is 0 Å². The number of alkyl halides is 3. The molecule has 1 atom stereocenters. The third-order valence-electron chi connectivity index (χ3n) is 4.78. The van der Waals surface area contributed by atoms with Crippen molar-refractivity contribution in [2.45, 2.75) is 39.4 Å². The number of nitrogens with one attached hydrogen (secondary N) is 2. The lowest BCUT2D eigenvalue weighted by molar-refractivity contribution is -0.141. The van der Waals surface area contributed by atoms with Crippen LogP contribution in [0.5, 0.6) is 0 Å². The third kappa shape index (κ3) is 6.03. The molecule has 1 aliphatic rings. The molecule has 2 heterocycles. The van der Waals surface area contributed by atoms with E-state index >= 15 is 0 Å². The highest BCUT2D eigenvalue weighted by atomic mass is 32.1. The van der Waals surface area contributed by atoms with E-state index in [1.807, 2.05) is 36.1 Å². The topological polar surface area (TPSA) is 53.1 Å². The number of thiocarbonyl (C=S) groups is 1. The van der Waals surface area contributed by atoms with E-state index in [0.29, 0.717) is 25.6 Å². The Morgan fingerprint density at radius 1 is 1.24 bits per heavy atom. The molecule has 2 aromatic rings. The first kappa shape index (κ1) is 21.3. The van der Waals surface area contributed by atoms with Crippen LogP contribution in [0.3, 0.4) is 0 Å². The summed E-state index contributed by atoms with van der Waals surface area (Å²) in [7, 11) is 0. The number of nitrogens with zero attached hydrogens (tertiary/aromatic N) is 3. The van der Waals surface area contributed by atoms with Gasteiger partial charge < -0.3 is 15.5 Å². The number of hydrogen-bond donors (Lipinski definition) is 2. The van der Waals surface area contributed by atoms with Gasteiger partial charge in [0, 0.05) is 25.7 Å². The maximum absolute atomic E-state index is 13.3. The Hall–Kier alpha value is -2.42. The quantitative estimate of drug-likeness (QED) is 0.705. The number of aromatic nitrogens is 2. The number of anilines is 2. The molecule has 2 N–H and O–H groups in total. The van der Waals surface area contributed by atoms with Crippen LogP contribution < -0.4 is 15.5 Å². The average Bonchev–Trinajstić information content (AvgIpc) is 2.66. The van der Waals surface area contributed by atoms with Crippen LogP contribution in [0, 0.1) is 12.8 Å². The summed E-state index contributed by atoms with van der Waals surface area (Å²) in [6, 6.07) is 8.89. The molecule has 1 aromatic heterocycles. The van der Waals surface area contributed by atoms with Gasteiger partial charge in [-0.1, -0.05) is 36.8 Å². The van der Waals surface area contributed by atoms with Crippen molar-refractivity contribution in [1.29, 1.82) is 0 Å². The number of rotatable bonds is 4. The van der Waals surface area contributed by atoms with Crippen molar-refractivity contribution < 1.29 is 13.2 Å². The van der Waals surface area contributed by atoms with Gasteiger partial charge >= 0.3 is 6.18 Å². The van der Waals surface area contributed by atoms with Crippen LogP contribution in [0.25, 0.3) is 0 Å². The molecule has 1 aliphatic heterocycles. The Balaban J connectivity index is 1.73. The zero-order valence-electron chi connectivity index (χ0n) is 16.4. The van der Waals surface area contributed by atoms with E-state index in [-0.39, 0.29) is 16.9 Å². The van der Waals surface area contributed by atoms with E-state index < -0.39 is 11.9 Å². The molecule has 0 saturated carbocycles. The van der Waals surface area contributed by atoms with Gasteiger partial charge in [-0.2, -0.15) is 18.2 Å². The Morgan fingerprint density at radius 2 is 1.97 bits per heavy atom. The summed E-state index contributed by atoms with van der Waals surface area (Å²) >= 11 is 5.22. The van der Waals surface area contributed by atoms with Gasteiger partial charge in [0.1, 0.15) is 5.82 Å². The minimum atomic E-state index is -4.56. The van der Waals surface area contributed by atoms with Crippen LogP contribution in [0.4, 0.5) is 24.9 Å². The number of benzene rings is 1. The van der Waals surface area contributed by atoms with Crippen molar-refractivity contribution in [2.24, 2.45) is 5.92 Å². The molecule has 0 aliphatic carbocycles. The smallest absolute Gasteiger partial charge is 0.358 e. The third-order valence-corrected chi connectivity index (χ3v) is 5.03. The lowest BCUT2D eigenvalue weighted by atomic mass is 10.0. The largest absolute Gasteiger partial charge is 0.433 e. The summed E-state index contributed by atoms with van der Waals surface area (Å²) in [6.45, 7) is 5.87. The molecule has 29 heavy (non-hydrogen) atoms. The molecule has 1 aromatic carbocycles. The lowest BCUT2D eigenvalue weighted by Gasteiger charge is -2.32. The lowest BCUT2D eigenvalue weighted by Crippen LogP contribution is -2.35. The second kappa shape index (κ2) is 8.94. The average molecular weight is 424 g/mol. The van der Waals surface area contributed by atoms with Gasteiger partial charge in [-0.3, -0.25) is 0 Å². The minimum Gasteiger partial charge on any atom is -0.358 e. The number of piperidine rings is 1.